The van der Waals surface area contributed by atoms with Crippen LogP contribution in [0.3, 0.4) is 0 Å². The van der Waals surface area contributed by atoms with Crippen molar-refractivity contribution in [2.24, 2.45) is 0 Å². The van der Waals surface area contributed by atoms with Crippen molar-refractivity contribution in [2.45, 2.75) is 37.0 Å². The van der Waals surface area contributed by atoms with E-state index in [9.17, 15) is 4.79 Å². The van der Waals surface area contributed by atoms with Crippen molar-refractivity contribution in [3.05, 3.63) is 59.1 Å². The summed E-state index contributed by atoms with van der Waals surface area (Å²) >= 11 is 7.62. The fourth-order valence-electron chi connectivity index (χ4n) is 1.99. The van der Waals surface area contributed by atoms with Gasteiger partial charge in [0, 0.05) is 15.7 Å². The Hall–Kier alpha value is -1.65. The molecule has 2 aromatic carbocycles. The first-order valence-electron chi connectivity index (χ1n) is 7.74. The highest BCUT2D eigenvalue weighted by atomic mass is 35.5. The van der Waals surface area contributed by atoms with Gasteiger partial charge in [0.2, 0.25) is 0 Å². The Labute approximate surface area is 152 Å². The van der Waals surface area contributed by atoms with E-state index in [4.69, 9.17) is 21.1 Å². The third kappa shape index (κ3) is 5.46. The van der Waals surface area contributed by atoms with Crippen molar-refractivity contribution in [3.8, 4) is 5.75 Å². The number of halogens is 1. The van der Waals surface area contributed by atoms with Gasteiger partial charge in [0.05, 0.1) is 6.61 Å². The molecule has 2 aromatic rings. The second-order valence-corrected chi connectivity index (χ2v) is 7.20. The molecule has 2 rings (SSSR count). The predicted molar refractivity (Wildman–Crippen MR) is 98.8 cm³/mol. The highest BCUT2D eigenvalue weighted by Crippen LogP contribution is 2.27. The summed E-state index contributed by atoms with van der Waals surface area (Å²) in [5, 5.41) is 0.745. The summed E-state index contributed by atoms with van der Waals surface area (Å²) in [5.74, 6) is 1.14. The lowest BCUT2D eigenvalue weighted by Crippen LogP contribution is -2.39. The normalized spacial score (nSPS) is 11.2. The number of hydrogen-bond donors (Lipinski definition) is 0. The first-order valence-corrected chi connectivity index (χ1v) is 9.10. The third-order valence-corrected chi connectivity index (χ3v) is 4.62. The number of rotatable bonds is 7. The van der Waals surface area contributed by atoms with Gasteiger partial charge in [-0.25, -0.2) is 4.79 Å². The van der Waals surface area contributed by atoms with Crippen LogP contribution in [0.5, 0.6) is 5.75 Å². The first kappa shape index (κ1) is 18.7. The molecule has 3 nitrogen and oxygen atoms in total. The summed E-state index contributed by atoms with van der Waals surface area (Å²) in [6, 6.07) is 15.5. The van der Waals surface area contributed by atoms with Gasteiger partial charge in [0.25, 0.3) is 0 Å². The number of carbonyl (C=O) groups excluding carboxylic acids is 1. The van der Waals surface area contributed by atoms with E-state index < -0.39 is 5.60 Å². The summed E-state index contributed by atoms with van der Waals surface area (Å²) in [6.45, 7) is 5.52. The zero-order valence-electron chi connectivity index (χ0n) is 14.0. The summed E-state index contributed by atoms with van der Waals surface area (Å²) in [7, 11) is 0. The summed E-state index contributed by atoms with van der Waals surface area (Å²) in [5.41, 5.74) is 0.210. The average molecular weight is 365 g/mol. The van der Waals surface area contributed by atoms with Crippen LogP contribution in [0.15, 0.2) is 53.4 Å². The molecule has 0 radical (unpaired) electrons. The van der Waals surface area contributed by atoms with Gasteiger partial charge < -0.3 is 9.47 Å². The van der Waals surface area contributed by atoms with Gasteiger partial charge in [0.15, 0.2) is 5.60 Å². The molecule has 0 fully saturated rings. The van der Waals surface area contributed by atoms with Crippen molar-refractivity contribution < 1.29 is 14.3 Å². The number of ether oxygens (including phenoxy) is 2. The molecule has 0 aliphatic heterocycles. The van der Waals surface area contributed by atoms with Gasteiger partial charge in [-0.1, -0.05) is 23.7 Å². The lowest BCUT2D eigenvalue weighted by Gasteiger charge is -2.24. The zero-order valence-corrected chi connectivity index (χ0v) is 15.6. The number of esters is 1. The van der Waals surface area contributed by atoms with Crippen LogP contribution in [0.2, 0.25) is 5.02 Å². The Morgan fingerprint density at radius 2 is 1.71 bits per heavy atom. The Balaban J connectivity index is 1.92. The molecule has 0 unspecified atom stereocenters. The monoisotopic (exact) mass is 364 g/mol. The molecule has 0 amide bonds. The summed E-state index contributed by atoms with van der Waals surface area (Å²) < 4.78 is 10.8. The Morgan fingerprint density at radius 1 is 1.08 bits per heavy atom. The standard InChI is InChI=1S/C19H21ClO3S/c1-4-22-18(21)19(2,3)23-16-9-11-17(12-10-16)24-13-14-5-7-15(20)8-6-14/h5-12H,4,13H2,1-3H3. The van der Waals surface area contributed by atoms with Crippen LogP contribution in [-0.2, 0) is 15.3 Å². The maximum Gasteiger partial charge on any atom is 0.349 e. The van der Waals surface area contributed by atoms with Gasteiger partial charge in [-0.3, -0.25) is 0 Å². The van der Waals surface area contributed by atoms with Gasteiger partial charge in [-0.15, -0.1) is 11.8 Å². The van der Waals surface area contributed by atoms with E-state index in [0.717, 1.165) is 15.7 Å². The molecule has 0 saturated heterocycles. The van der Waals surface area contributed by atoms with E-state index in [0.29, 0.717) is 12.4 Å². The van der Waals surface area contributed by atoms with Crippen LogP contribution in [-0.4, -0.2) is 18.2 Å². The Morgan fingerprint density at radius 3 is 2.29 bits per heavy atom. The van der Waals surface area contributed by atoms with Crippen molar-refractivity contribution in [2.75, 3.05) is 6.61 Å². The quantitative estimate of drug-likeness (QED) is 0.490. The zero-order chi connectivity index (χ0) is 17.6. The molecule has 24 heavy (non-hydrogen) atoms. The Bertz CT molecular complexity index is 666. The topological polar surface area (TPSA) is 35.5 Å². The summed E-state index contributed by atoms with van der Waals surface area (Å²) in [6.07, 6.45) is 0. The second kappa shape index (κ2) is 8.45. The molecule has 0 spiro atoms. The van der Waals surface area contributed by atoms with E-state index in [2.05, 4.69) is 0 Å². The highest BCUT2D eigenvalue weighted by Gasteiger charge is 2.31. The van der Waals surface area contributed by atoms with E-state index >= 15 is 0 Å². The van der Waals surface area contributed by atoms with Crippen molar-refractivity contribution in [1.82, 2.24) is 0 Å². The van der Waals surface area contributed by atoms with Crippen LogP contribution in [0.25, 0.3) is 0 Å². The molecule has 0 heterocycles. The van der Waals surface area contributed by atoms with Gasteiger partial charge in [-0.2, -0.15) is 0 Å². The second-order valence-electron chi connectivity index (χ2n) is 5.72. The summed E-state index contributed by atoms with van der Waals surface area (Å²) in [4.78, 5) is 13.0. The molecule has 0 aliphatic carbocycles. The van der Waals surface area contributed by atoms with Gasteiger partial charge >= 0.3 is 5.97 Å². The molecular formula is C19H21ClO3S. The van der Waals surface area contributed by atoms with Gasteiger partial charge in [0.1, 0.15) is 5.75 Å². The molecule has 0 saturated carbocycles. The minimum absolute atomic E-state index is 0.339. The SMILES string of the molecule is CCOC(=O)C(C)(C)Oc1ccc(SCc2ccc(Cl)cc2)cc1. The smallest absolute Gasteiger partial charge is 0.349 e. The van der Waals surface area contributed by atoms with E-state index in [-0.39, 0.29) is 5.97 Å². The minimum Gasteiger partial charge on any atom is -0.476 e. The molecular weight excluding hydrogens is 344 g/mol. The van der Waals surface area contributed by atoms with Crippen LogP contribution >= 0.6 is 23.4 Å². The van der Waals surface area contributed by atoms with Crippen LogP contribution in [0, 0.1) is 0 Å². The molecule has 0 bridgehead atoms. The average Bonchev–Trinajstić information content (AvgIpc) is 2.55. The largest absolute Gasteiger partial charge is 0.476 e. The van der Waals surface area contributed by atoms with E-state index in [1.165, 1.54) is 5.56 Å². The van der Waals surface area contributed by atoms with Crippen LogP contribution in [0.4, 0.5) is 0 Å². The highest BCUT2D eigenvalue weighted by molar-refractivity contribution is 7.98. The maximum atomic E-state index is 11.9. The molecule has 0 N–H and O–H groups in total. The molecule has 0 atom stereocenters. The van der Waals surface area contributed by atoms with Crippen molar-refractivity contribution in [1.29, 1.82) is 0 Å². The number of carbonyl (C=O) groups is 1. The first-order chi connectivity index (χ1) is 11.4. The van der Waals surface area contributed by atoms with E-state index in [1.807, 2.05) is 48.5 Å². The number of hydrogen-bond acceptors (Lipinski definition) is 4. The van der Waals surface area contributed by atoms with Crippen LogP contribution < -0.4 is 4.74 Å². The lowest BCUT2D eigenvalue weighted by atomic mass is 10.1. The molecule has 128 valence electrons. The maximum absolute atomic E-state index is 11.9. The lowest BCUT2D eigenvalue weighted by molar-refractivity contribution is -0.158. The molecule has 0 aromatic heterocycles. The Kier molecular flexibility index (Phi) is 6.58. The van der Waals surface area contributed by atoms with Crippen LogP contribution in [0.1, 0.15) is 26.3 Å². The van der Waals surface area contributed by atoms with E-state index in [1.54, 1.807) is 32.5 Å². The fourth-order valence-corrected chi connectivity index (χ4v) is 2.97. The molecule has 0 aliphatic rings. The van der Waals surface area contributed by atoms with Gasteiger partial charge in [-0.05, 0) is 62.7 Å². The minimum atomic E-state index is -1.01. The molecule has 5 heteroatoms. The number of thioether (sulfide) groups is 1. The van der Waals surface area contributed by atoms with Crippen molar-refractivity contribution in [3.63, 3.8) is 0 Å². The predicted octanol–water partition coefficient (Wildman–Crippen LogP) is 5.35. The fraction of sp³-hybridized carbons (Fsp3) is 0.316. The van der Waals surface area contributed by atoms with Crippen molar-refractivity contribution >= 4 is 29.3 Å². The number of benzene rings is 2. The third-order valence-electron chi connectivity index (χ3n) is 3.28.